The standard InChI is InChI=1S/C15H20N2O3/c1-4-10(5-2)9(3)17-13-7-6-11(14(18)19)8-12(13)16-15(17)20/h6-10H,4-5H2,1-3H3,(H,16,20)(H,18,19). The van der Waals surface area contributed by atoms with Gasteiger partial charge in [0.05, 0.1) is 16.6 Å². The van der Waals surface area contributed by atoms with Crippen LogP contribution in [-0.2, 0) is 0 Å². The van der Waals surface area contributed by atoms with E-state index in [2.05, 4.69) is 18.8 Å². The molecule has 1 atom stereocenters. The molecule has 2 rings (SSSR count). The molecule has 2 aromatic rings. The molecule has 1 aromatic heterocycles. The lowest BCUT2D eigenvalue weighted by Gasteiger charge is -2.22. The van der Waals surface area contributed by atoms with Crippen LogP contribution in [0, 0.1) is 5.92 Å². The Bertz CT molecular complexity index is 680. The molecule has 0 fully saturated rings. The van der Waals surface area contributed by atoms with Crippen LogP contribution in [0.4, 0.5) is 0 Å². The third kappa shape index (κ3) is 2.35. The Balaban J connectivity index is 2.57. The Hall–Kier alpha value is -2.04. The summed E-state index contributed by atoms with van der Waals surface area (Å²) >= 11 is 0. The van der Waals surface area contributed by atoms with Gasteiger partial charge < -0.3 is 10.1 Å². The number of nitrogens with one attached hydrogen (secondary N) is 1. The Kier molecular flexibility index (Phi) is 3.97. The number of H-pyrrole nitrogens is 1. The predicted octanol–water partition coefficient (Wildman–Crippen LogP) is 3.03. The second-order valence-corrected chi connectivity index (χ2v) is 5.15. The highest BCUT2D eigenvalue weighted by Gasteiger charge is 2.20. The van der Waals surface area contributed by atoms with Gasteiger partial charge in [-0.3, -0.25) is 4.57 Å². The minimum atomic E-state index is -0.992. The fourth-order valence-electron chi connectivity index (χ4n) is 2.85. The maximum absolute atomic E-state index is 12.2. The van der Waals surface area contributed by atoms with Crippen LogP contribution in [0.2, 0.25) is 0 Å². The first-order valence-electron chi connectivity index (χ1n) is 6.97. The van der Waals surface area contributed by atoms with Crippen LogP contribution < -0.4 is 5.69 Å². The maximum Gasteiger partial charge on any atom is 0.335 e. The number of benzene rings is 1. The number of hydrogen-bond donors (Lipinski definition) is 2. The number of rotatable bonds is 5. The molecule has 1 aromatic carbocycles. The lowest BCUT2D eigenvalue weighted by molar-refractivity contribution is 0.0697. The second-order valence-electron chi connectivity index (χ2n) is 5.15. The van der Waals surface area contributed by atoms with Crippen molar-refractivity contribution in [2.24, 2.45) is 5.92 Å². The van der Waals surface area contributed by atoms with E-state index in [1.54, 1.807) is 10.6 Å². The number of aromatic amines is 1. The summed E-state index contributed by atoms with van der Waals surface area (Å²) in [4.78, 5) is 25.9. The number of carboxylic acid groups (broad SMARTS) is 1. The number of nitrogens with zero attached hydrogens (tertiary/aromatic N) is 1. The summed E-state index contributed by atoms with van der Waals surface area (Å²) in [5.41, 5.74) is 1.34. The van der Waals surface area contributed by atoms with Gasteiger partial charge in [0.2, 0.25) is 0 Å². The Morgan fingerprint density at radius 1 is 1.35 bits per heavy atom. The molecule has 0 bridgehead atoms. The molecule has 0 spiro atoms. The van der Waals surface area contributed by atoms with Crippen LogP contribution in [0.15, 0.2) is 23.0 Å². The number of aromatic carboxylic acids is 1. The molecule has 5 nitrogen and oxygen atoms in total. The predicted molar refractivity (Wildman–Crippen MR) is 78.3 cm³/mol. The fourth-order valence-corrected chi connectivity index (χ4v) is 2.85. The molecule has 0 saturated heterocycles. The molecule has 5 heteroatoms. The van der Waals surface area contributed by atoms with Crippen molar-refractivity contribution in [3.63, 3.8) is 0 Å². The summed E-state index contributed by atoms with van der Waals surface area (Å²) in [6.45, 7) is 6.28. The smallest absolute Gasteiger partial charge is 0.335 e. The topological polar surface area (TPSA) is 75.1 Å². The molecule has 0 aliphatic carbocycles. The SMILES string of the molecule is CCC(CC)C(C)n1c(=O)[nH]c2cc(C(=O)O)ccc21. The van der Waals surface area contributed by atoms with E-state index in [1.807, 2.05) is 6.92 Å². The van der Waals surface area contributed by atoms with Crippen molar-refractivity contribution in [1.82, 2.24) is 9.55 Å². The lowest BCUT2D eigenvalue weighted by atomic mass is 9.95. The minimum Gasteiger partial charge on any atom is -0.478 e. The van der Waals surface area contributed by atoms with Gasteiger partial charge in [0.1, 0.15) is 0 Å². The van der Waals surface area contributed by atoms with E-state index in [4.69, 9.17) is 5.11 Å². The summed E-state index contributed by atoms with van der Waals surface area (Å²) < 4.78 is 1.73. The zero-order valence-corrected chi connectivity index (χ0v) is 12.0. The molecule has 2 N–H and O–H groups in total. The summed E-state index contributed by atoms with van der Waals surface area (Å²) in [6.07, 6.45) is 2.01. The highest BCUT2D eigenvalue weighted by atomic mass is 16.4. The number of hydrogen-bond acceptors (Lipinski definition) is 2. The van der Waals surface area contributed by atoms with Crippen LogP contribution in [0.25, 0.3) is 11.0 Å². The normalized spacial score (nSPS) is 13.0. The first kappa shape index (κ1) is 14.4. The van der Waals surface area contributed by atoms with Gasteiger partial charge >= 0.3 is 11.7 Å². The number of carbonyl (C=O) groups is 1. The van der Waals surface area contributed by atoms with Gasteiger partial charge in [-0.1, -0.05) is 26.7 Å². The molecule has 108 valence electrons. The Labute approximate surface area is 117 Å². The molecule has 1 unspecified atom stereocenters. The lowest BCUT2D eigenvalue weighted by Crippen LogP contribution is -2.25. The monoisotopic (exact) mass is 276 g/mol. The van der Waals surface area contributed by atoms with Crippen molar-refractivity contribution in [3.05, 3.63) is 34.2 Å². The zero-order chi connectivity index (χ0) is 14.9. The van der Waals surface area contributed by atoms with Crippen molar-refractivity contribution in [1.29, 1.82) is 0 Å². The summed E-state index contributed by atoms with van der Waals surface area (Å²) in [6, 6.07) is 4.83. The maximum atomic E-state index is 12.2. The molecular formula is C15H20N2O3. The first-order valence-corrected chi connectivity index (χ1v) is 6.97. The van der Waals surface area contributed by atoms with Crippen LogP contribution in [-0.4, -0.2) is 20.6 Å². The van der Waals surface area contributed by atoms with E-state index >= 15 is 0 Å². The van der Waals surface area contributed by atoms with Crippen molar-refractivity contribution in [2.75, 3.05) is 0 Å². The van der Waals surface area contributed by atoms with Gasteiger partial charge in [-0.15, -0.1) is 0 Å². The molecule has 0 radical (unpaired) electrons. The van der Waals surface area contributed by atoms with E-state index < -0.39 is 5.97 Å². The van der Waals surface area contributed by atoms with Gasteiger partial charge in [-0.25, -0.2) is 9.59 Å². The molecule has 0 amide bonds. The van der Waals surface area contributed by atoms with Crippen LogP contribution in [0.5, 0.6) is 0 Å². The molecule has 20 heavy (non-hydrogen) atoms. The van der Waals surface area contributed by atoms with Gasteiger partial charge in [-0.2, -0.15) is 0 Å². The average Bonchev–Trinajstić information content (AvgIpc) is 2.74. The highest BCUT2D eigenvalue weighted by molar-refractivity contribution is 5.92. The van der Waals surface area contributed by atoms with Gasteiger partial charge in [0.25, 0.3) is 0 Å². The van der Waals surface area contributed by atoms with E-state index in [0.29, 0.717) is 11.4 Å². The summed E-state index contributed by atoms with van der Waals surface area (Å²) in [7, 11) is 0. The number of imidazole rings is 1. The van der Waals surface area contributed by atoms with Crippen molar-refractivity contribution >= 4 is 17.0 Å². The number of fused-ring (bicyclic) bond motifs is 1. The minimum absolute atomic E-state index is 0.0851. The van der Waals surface area contributed by atoms with E-state index in [-0.39, 0.29) is 17.3 Å². The third-order valence-electron chi connectivity index (χ3n) is 4.10. The van der Waals surface area contributed by atoms with E-state index in [1.165, 1.54) is 12.1 Å². The van der Waals surface area contributed by atoms with Gasteiger partial charge in [-0.05, 0) is 31.0 Å². The number of carboxylic acids is 1. The molecule has 0 saturated carbocycles. The van der Waals surface area contributed by atoms with E-state index in [9.17, 15) is 9.59 Å². The highest BCUT2D eigenvalue weighted by Crippen LogP contribution is 2.26. The van der Waals surface area contributed by atoms with Crippen molar-refractivity contribution < 1.29 is 9.90 Å². The number of aromatic nitrogens is 2. The molecular weight excluding hydrogens is 256 g/mol. The first-order chi connectivity index (χ1) is 9.49. The third-order valence-corrected chi connectivity index (χ3v) is 4.10. The fraction of sp³-hybridized carbons (Fsp3) is 0.467. The largest absolute Gasteiger partial charge is 0.478 e. The Morgan fingerprint density at radius 3 is 2.55 bits per heavy atom. The van der Waals surface area contributed by atoms with Crippen molar-refractivity contribution in [3.8, 4) is 0 Å². The second kappa shape index (κ2) is 5.53. The van der Waals surface area contributed by atoms with Gasteiger partial charge in [0.15, 0.2) is 0 Å². The average molecular weight is 276 g/mol. The quantitative estimate of drug-likeness (QED) is 0.881. The van der Waals surface area contributed by atoms with Crippen molar-refractivity contribution in [2.45, 2.75) is 39.7 Å². The Morgan fingerprint density at radius 2 is 2.00 bits per heavy atom. The summed E-state index contributed by atoms with van der Waals surface area (Å²) in [5, 5.41) is 9.00. The van der Waals surface area contributed by atoms with Crippen LogP contribution in [0.3, 0.4) is 0 Å². The zero-order valence-electron chi connectivity index (χ0n) is 12.0. The van der Waals surface area contributed by atoms with E-state index in [0.717, 1.165) is 18.4 Å². The van der Waals surface area contributed by atoms with Crippen LogP contribution in [0.1, 0.15) is 50.0 Å². The molecule has 0 aliphatic rings. The summed E-state index contributed by atoms with van der Waals surface area (Å²) in [5.74, 6) is -0.570. The van der Waals surface area contributed by atoms with Gasteiger partial charge in [0, 0.05) is 6.04 Å². The molecule has 1 heterocycles. The molecule has 0 aliphatic heterocycles. The van der Waals surface area contributed by atoms with Crippen LogP contribution >= 0.6 is 0 Å².